The van der Waals surface area contributed by atoms with Crippen molar-refractivity contribution in [2.45, 2.75) is 25.3 Å². The molecule has 2 rings (SSSR count). The molecule has 0 aliphatic heterocycles. The maximum absolute atomic E-state index is 6.09. The van der Waals surface area contributed by atoms with Crippen LogP contribution in [0.1, 0.15) is 19.3 Å². The zero-order valence-electron chi connectivity index (χ0n) is 11.1. The maximum Gasteiger partial charge on any atom is 0.0597 e. The van der Waals surface area contributed by atoms with Crippen LogP contribution in [-0.2, 0) is 0 Å². The van der Waals surface area contributed by atoms with Gasteiger partial charge in [0, 0.05) is 25.2 Å². The van der Waals surface area contributed by atoms with E-state index in [1.807, 2.05) is 26.2 Å². The van der Waals surface area contributed by atoms with Crippen LogP contribution >= 0.6 is 11.6 Å². The van der Waals surface area contributed by atoms with Crippen molar-refractivity contribution in [3.63, 3.8) is 0 Å². The Morgan fingerprint density at radius 1 is 1.39 bits per heavy atom. The molecule has 1 saturated carbocycles. The van der Waals surface area contributed by atoms with Gasteiger partial charge in [0.15, 0.2) is 0 Å². The van der Waals surface area contributed by atoms with Gasteiger partial charge in [0.1, 0.15) is 0 Å². The Morgan fingerprint density at radius 2 is 2.17 bits per heavy atom. The van der Waals surface area contributed by atoms with E-state index in [-0.39, 0.29) is 0 Å². The third-order valence-electron chi connectivity index (χ3n) is 3.74. The van der Waals surface area contributed by atoms with Crippen LogP contribution < -0.4 is 16.0 Å². The molecule has 0 aromatic heterocycles. The van der Waals surface area contributed by atoms with Crippen molar-refractivity contribution >= 4 is 23.0 Å². The van der Waals surface area contributed by atoms with Crippen LogP contribution in [0.25, 0.3) is 0 Å². The molecule has 4 heteroatoms. The van der Waals surface area contributed by atoms with Crippen LogP contribution in [0.3, 0.4) is 0 Å². The average Bonchev–Trinajstić information content (AvgIpc) is 2.76. The summed E-state index contributed by atoms with van der Waals surface area (Å²) in [6.45, 7) is 0.759. The van der Waals surface area contributed by atoms with Gasteiger partial charge in [-0.25, -0.2) is 0 Å². The quantitative estimate of drug-likeness (QED) is 0.881. The van der Waals surface area contributed by atoms with Crippen LogP contribution in [0.4, 0.5) is 11.4 Å². The first-order chi connectivity index (χ1) is 8.61. The van der Waals surface area contributed by atoms with Crippen molar-refractivity contribution < 1.29 is 0 Å². The number of nitrogens with zero attached hydrogens (tertiary/aromatic N) is 1. The Balaban J connectivity index is 2.19. The predicted molar refractivity (Wildman–Crippen MR) is 79.6 cm³/mol. The van der Waals surface area contributed by atoms with Gasteiger partial charge in [-0.3, -0.25) is 0 Å². The lowest BCUT2D eigenvalue weighted by Gasteiger charge is -2.25. The monoisotopic (exact) mass is 267 g/mol. The van der Waals surface area contributed by atoms with Crippen LogP contribution in [-0.4, -0.2) is 26.7 Å². The van der Waals surface area contributed by atoms with Crippen molar-refractivity contribution in [3.8, 4) is 0 Å². The highest BCUT2D eigenvalue weighted by atomic mass is 35.5. The highest BCUT2D eigenvalue weighted by Crippen LogP contribution is 2.33. The summed E-state index contributed by atoms with van der Waals surface area (Å²) >= 11 is 6.09. The number of hydrogen-bond donors (Lipinski definition) is 2. The lowest BCUT2D eigenvalue weighted by atomic mass is 10.0. The summed E-state index contributed by atoms with van der Waals surface area (Å²) in [7, 11) is 4.09. The second-order valence-corrected chi connectivity index (χ2v) is 5.67. The first kappa shape index (κ1) is 13.5. The van der Waals surface area contributed by atoms with Crippen molar-refractivity contribution in [1.82, 2.24) is 0 Å². The summed E-state index contributed by atoms with van der Waals surface area (Å²) in [6, 6.07) is 6.46. The summed E-state index contributed by atoms with van der Waals surface area (Å²) in [4.78, 5) is 2.10. The molecular weight excluding hydrogens is 246 g/mol. The molecule has 0 saturated heterocycles. The number of benzene rings is 1. The van der Waals surface area contributed by atoms with Gasteiger partial charge < -0.3 is 16.0 Å². The SMILES string of the molecule is CN(C)c1ccc(Cl)cc1NC1CCCC1CN. The Kier molecular flexibility index (Phi) is 4.36. The highest BCUT2D eigenvalue weighted by Gasteiger charge is 2.26. The topological polar surface area (TPSA) is 41.3 Å². The molecule has 1 aliphatic rings. The molecule has 18 heavy (non-hydrogen) atoms. The van der Waals surface area contributed by atoms with Crippen LogP contribution in [0.15, 0.2) is 18.2 Å². The molecule has 0 radical (unpaired) electrons. The molecule has 1 fully saturated rings. The zero-order valence-corrected chi connectivity index (χ0v) is 11.9. The van der Waals surface area contributed by atoms with E-state index in [1.54, 1.807) is 0 Å². The minimum absolute atomic E-state index is 0.479. The van der Waals surface area contributed by atoms with Gasteiger partial charge in [-0.15, -0.1) is 0 Å². The summed E-state index contributed by atoms with van der Waals surface area (Å²) < 4.78 is 0. The smallest absolute Gasteiger partial charge is 0.0597 e. The average molecular weight is 268 g/mol. The molecular formula is C14H22ClN3. The van der Waals surface area contributed by atoms with E-state index in [2.05, 4.69) is 16.3 Å². The number of nitrogens with one attached hydrogen (secondary N) is 1. The molecule has 1 aromatic rings. The normalized spacial score (nSPS) is 23.1. The molecule has 2 unspecified atom stereocenters. The van der Waals surface area contributed by atoms with Gasteiger partial charge in [0.2, 0.25) is 0 Å². The van der Waals surface area contributed by atoms with Crippen molar-refractivity contribution in [2.75, 3.05) is 30.9 Å². The van der Waals surface area contributed by atoms with Crippen LogP contribution in [0.5, 0.6) is 0 Å². The Morgan fingerprint density at radius 3 is 2.83 bits per heavy atom. The number of hydrogen-bond acceptors (Lipinski definition) is 3. The molecule has 3 nitrogen and oxygen atoms in total. The molecule has 0 amide bonds. The van der Waals surface area contributed by atoms with Gasteiger partial charge >= 0.3 is 0 Å². The lowest BCUT2D eigenvalue weighted by Crippen LogP contribution is -2.30. The highest BCUT2D eigenvalue weighted by molar-refractivity contribution is 6.31. The molecule has 100 valence electrons. The van der Waals surface area contributed by atoms with E-state index in [0.29, 0.717) is 12.0 Å². The van der Waals surface area contributed by atoms with Crippen molar-refractivity contribution in [3.05, 3.63) is 23.2 Å². The van der Waals surface area contributed by atoms with E-state index < -0.39 is 0 Å². The molecule has 3 N–H and O–H groups in total. The first-order valence-corrected chi connectivity index (χ1v) is 6.93. The lowest BCUT2D eigenvalue weighted by molar-refractivity contribution is 0.516. The van der Waals surface area contributed by atoms with Crippen molar-refractivity contribution in [1.29, 1.82) is 0 Å². The molecule has 1 aromatic carbocycles. The third-order valence-corrected chi connectivity index (χ3v) is 3.98. The fraction of sp³-hybridized carbons (Fsp3) is 0.571. The summed E-state index contributed by atoms with van der Waals surface area (Å²) in [5.74, 6) is 0.582. The number of rotatable bonds is 4. The van der Waals surface area contributed by atoms with Gasteiger partial charge in [0.25, 0.3) is 0 Å². The van der Waals surface area contributed by atoms with E-state index >= 15 is 0 Å². The Labute approximate surface area is 114 Å². The van der Waals surface area contributed by atoms with Crippen molar-refractivity contribution in [2.24, 2.45) is 11.7 Å². The zero-order chi connectivity index (χ0) is 13.1. The Bertz CT molecular complexity index is 406. The fourth-order valence-electron chi connectivity index (χ4n) is 2.72. The first-order valence-electron chi connectivity index (χ1n) is 6.55. The molecule has 2 atom stereocenters. The standard InChI is InChI=1S/C14H22ClN3/c1-18(2)14-7-6-11(15)8-13(14)17-12-5-3-4-10(12)9-16/h6-8,10,12,17H,3-5,9,16H2,1-2H3. The summed E-state index contributed by atoms with van der Waals surface area (Å²) in [6.07, 6.45) is 3.69. The van der Waals surface area contributed by atoms with Crippen LogP contribution in [0, 0.1) is 5.92 Å². The predicted octanol–water partition coefficient (Wildman–Crippen LogP) is 2.95. The van der Waals surface area contributed by atoms with E-state index in [0.717, 1.165) is 17.3 Å². The number of nitrogens with two attached hydrogens (primary N) is 1. The van der Waals surface area contributed by atoms with E-state index in [1.165, 1.54) is 24.9 Å². The second kappa shape index (κ2) is 5.81. The molecule has 0 heterocycles. The second-order valence-electron chi connectivity index (χ2n) is 5.23. The Hall–Kier alpha value is -0.930. The van der Waals surface area contributed by atoms with Gasteiger partial charge in [-0.2, -0.15) is 0 Å². The summed E-state index contributed by atoms with van der Waals surface area (Å²) in [5.41, 5.74) is 8.11. The third kappa shape index (κ3) is 2.90. The van der Waals surface area contributed by atoms with E-state index in [9.17, 15) is 0 Å². The van der Waals surface area contributed by atoms with Gasteiger partial charge in [-0.1, -0.05) is 18.0 Å². The maximum atomic E-state index is 6.09. The fourth-order valence-corrected chi connectivity index (χ4v) is 2.89. The number of anilines is 2. The largest absolute Gasteiger partial charge is 0.380 e. The molecule has 0 spiro atoms. The molecule has 1 aliphatic carbocycles. The van der Waals surface area contributed by atoms with E-state index in [4.69, 9.17) is 17.3 Å². The summed E-state index contributed by atoms with van der Waals surface area (Å²) in [5, 5.41) is 4.40. The van der Waals surface area contributed by atoms with Gasteiger partial charge in [-0.05, 0) is 43.5 Å². The van der Waals surface area contributed by atoms with Crippen LogP contribution in [0.2, 0.25) is 5.02 Å². The minimum Gasteiger partial charge on any atom is -0.380 e. The van der Waals surface area contributed by atoms with Gasteiger partial charge in [0.05, 0.1) is 11.4 Å². The minimum atomic E-state index is 0.479. The number of halogens is 1. The molecule has 0 bridgehead atoms.